The van der Waals surface area contributed by atoms with Crippen molar-refractivity contribution in [3.05, 3.63) is 23.6 Å². The van der Waals surface area contributed by atoms with E-state index in [9.17, 15) is 4.39 Å². The van der Waals surface area contributed by atoms with Crippen LogP contribution in [-0.4, -0.2) is 11.6 Å². The molecule has 2 N–H and O–H groups in total. The second-order valence-corrected chi connectivity index (χ2v) is 2.47. The van der Waals surface area contributed by atoms with Gasteiger partial charge in [0.05, 0.1) is 12.2 Å². The molecular weight excluding hydrogens is 147 g/mol. The maximum atomic E-state index is 12.6. The molecule has 0 aliphatic carbocycles. The van der Waals surface area contributed by atoms with Crippen molar-refractivity contribution in [2.24, 2.45) is 5.73 Å². The molecule has 0 fully saturated rings. The molecule has 1 atom stereocenters. The summed E-state index contributed by atoms with van der Waals surface area (Å²) in [5.41, 5.74) is 6.24. The summed E-state index contributed by atoms with van der Waals surface area (Å²) >= 11 is 0. The Morgan fingerprint density at radius 2 is 2.55 bits per heavy atom. The average Bonchev–Trinajstić information content (AvgIpc) is 2.33. The molecule has 2 rings (SSSR count). The third-order valence-electron chi connectivity index (χ3n) is 1.64. The van der Waals surface area contributed by atoms with Gasteiger partial charge in [-0.25, -0.2) is 9.37 Å². The Hall–Kier alpha value is -1.16. The van der Waals surface area contributed by atoms with Crippen molar-refractivity contribution in [1.82, 2.24) is 4.98 Å². The summed E-state index contributed by atoms with van der Waals surface area (Å²) < 4.78 is 17.6. The number of pyridine rings is 1. The summed E-state index contributed by atoms with van der Waals surface area (Å²) in [5.74, 6) is 0.0867. The number of nitrogens with two attached hydrogens (primary N) is 1. The van der Waals surface area contributed by atoms with E-state index in [4.69, 9.17) is 10.5 Å². The van der Waals surface area contributed by atoms with Crippen LogP contribution in [0.3, 0.4) is 0 Å². The summed E-state index contributed by atoms with van der Waals surface area (Å²) in [6, 6.07) is 1.13. The number of hydrogen-bond acceptors (Lipinski definition) is 3. The number of hydrogen-bond donors (Lipinski definition) is 1. The van der Waals surface area contributed by atoms with E-state index in [1.165, 1.54) is 6.07 Å². The first-order valence-corrected chi connectivity index (χ1v) is 3.31. The van der Waals surface area contributed by atoms with Crippen LogP contribution in [0.2, 0.25) is 0 Å². The fraction of sp³-hybridized carbons (Fsp3) is 0.286. The lowest BCUT2D eigenvalue weighted by atomic mass is 10.2. The average molecular weight is 154 g/mol. The van der Waals surface area contributed by atoms with Crippen molar-refractivity contribution in [2.75, 3.05) is 6.61 Å². The van der Waals surface area contributed by atoms with Crippen LogP contribution < -0.4 is 10.5 Å². The molecule has 0 amide bonds. The summed E-state index contributed by atoms with van der Waals surface area (Å²) in [4.78, 5) is 3.73. The molecule has 4 heteroatoms. The smallest absolute Gasteiger partial charge is 0.218 e. The zero-order valence-corrected chi connectivity index (χ0v) is 5.75. The molecule has 1 unspecified atom stereocenters. The minimum Gasteiger partial charge on any atom is -0.475 e. The van der Waals surface area contributed by atoms with Crippen molar-refractivity contribution in [3.63, 3.8) is 0 Å². The molecule has 2 heterocycles. The Morgan fingerprint density at radius 1 is 1.73 bits per heavy atom. The fourth-order valence-electron chi connectivity index (χ4n) is 1.09. The van der Waals surface area contributed by atoms with Gasteiger partial charge in [0.15, 0.2) is 0 Å². The van der Waals surface area contributed by atoms with E-state index < -0.39 is 0 Å². The van der Waals surface area contributed by atoms with E-state index in [0.29, 0.717) is 18.1 Å². The molecule has 0 saturated carbocycles. The maximum Gasteiger partial charge on any atom is 0.218 e. The summed E-state index contributed by atoms with van der Waals surface area (Å²) in [7, 11) is 0. The lowest BCUT2D eigenvalue weighted by Crippen LogP contribution is -2.10. The van der Waals surface area contributed by atoms with Crippen molar-refractivity contribution < 1.29 is 9.13 Å². The number of fused-ring (bicyclic) bond motifs is 1. The van der Waals surface area contributed by atoms with Gasteiger partial charge in [-0.15, -0.1) is 0 Å². The van der Waals surface area contributed by atoms with Crippen LogP contribution >= 0.6 is 0 Å². The van der Waals surface area contributed by atoms with Crippen molar-refractivity contribution in [2.45, 2.75) is 6.04 Å². The SMILES string of the molecule is NC1COc2ncc(F)cc21. The van der Waals surface area contributed by atoms with Gasteiger partial charge < -0.3 is 10.5 Å². The topological polar surface area (TPSA) is 48.1 Å². The zero-order valence-electron chi connectivity index (χ0n) is 5.75. The van der Waals surface area contributed by atoms with Gasteiger partial charge in [0.2, 0.25) is 5.88 Å². The molecule has 1 aromatic heterocycles. The van der Waals surface area contributed by atoms with Crippen LogP contribution in [0.4, 0.5) is 4.39 Å². The quantitative estimate of drug-likeness (QED) is 0.595. The lowest BCUT2D eigenvalue weighted by molar-refractivity contribution is 0.323. The Bertz CT molecular complexity index is 290. The highest BCUT2D eigenvalue weighted by Gasteiger charge is 2.21. The van der Waals surface area contributed by atoms with Gasteiger partial charge in [0, 0.05) is 5.56 Å². The first-order valence-electron chi connectivity index (χ1n) is 3.31. The first-order chi connectivity index (χ1) is 5.27. The first kappa shape index (κ1) is 6.54. The Kier molecular flexibility index (Phi) is 1.29. The highest BCUT2D eigenvalue weighted by molar-refractivity contribution is 5.32. The summed E-state index contributed by atoms with van der Waals surface area (Å²) in [6.45, 7) is 0.395. The van der Waals surface area contributed by atoms with Gasteiger partial charge in [0.1, 0.15) is 12.4 Å². The number of aromatic nitrogens is 1. The number of rotatable bonds is 0. The zero-order chi connectivity index (χ0) is 7.84. The summed E-state index contributed by atoms with van der Waals surface area (Å²) in [6.07, 6.45) is 1.12. The molecule has 1 aliphatic heterocycles. The van der Waals surface area contributed by atoms with Crippen molar-refractivity contribution in [1.29, 1.82) is 0 Å². The number of nitrogens with zero attached hydrogens (tertiary/aromatic N) is 1. The van der Waals surface area contributed by atoms with E-state index in [2.05, 4.69) is 4.98 Å². The van der Waals surface area contributed by atoms with Crippen LogP contribution in [0, 0.1) is 5.82 Å². The summed E-state index contributed by atoms with van der Waals surface area (Å²) in [5, 5.41) is 0. The normalized spacial score (nSPS) is 21.1. The molecule has 0 aromatic carbocycles. The van der Waals surface area contributed by atoms with E-state index in [0.717, 1.165) is 6.20 Å². The fourth-order valence-corrected chi connectivity index (χ4v) is 1.09. The predicted molar refractivity (Wildman–Crippen MR) is 36.6 cm³/mol. The molecule has 0 saturated heterocycles. The number of ether oxygens (including phenoxy) is 1. The maximum absolute atomic E-state index is 12.6. The number of halogens is 1. The van der Waals surface area contributed by atoms with Crippen molar-refractivity contribution in [3.8, 4) is 5.88 Å². The van der Waals surface area contributed by atoms with Gasteiger partial charge in [0.25, 0.3) is 0 Å². The monoisotopic (exact) mass is 154 g/mol. The molecule has 1 aliphatic rings. The Balaban J connectivity index is 2.52. The molecule has 58 valence electrons. The van der Waals surface area contributed by atoms with E-state index >= 15 is 0 Å². The predicted octanol–water partition coefficient (Wildman–Crippen LogP) is 0.613. The highest BCUT2D eigenvalue weighted by Crippen LogP contribution is 2.28. The molecule has 3 nitrogen and oxygen atoms in total. The molecule has 11 heavy (non-hydrogen) atoms. The van der Waals surface area contributed by atoms with Gasteiger partial charge in [-0.1, -0.05) is 0 Å². The highest BCUT2D eigenvalue weighted by atomic mass is 19.1. The molecular formula is C7H7FN2O. The minimum atomic E-state index is -0.371. The standard InChI is InChI=1S/C7H7FN2O/c8-4-1-5-6(9)3-11-7(5)10-2-4/h1-2,6H,3,9H2. The molecule has 0 spiro atoms. The second-order valence-electron chi connectivity index (χ2n) is 2.47. The van der Waals surface area contributed by atoms with Gasteiger partial charge in [-0.05, 0) is 6.07 Å². The van der Waals surface area contributed by atoms with Crippen LogP contribution in [0.1, 0.15) is 11.6 Å². The van der Waals surface area contributed by atoms with Crippen LogP contribution in [-0.2, 0) is 0 Å². The Morgan fingerprint density at radius 3 is 3.36 bits per heavy atom. The Labute approximate surface area is 63.0 Å². The van der Waals surface area contributed by atoms with E-state index in [1.54, 1.807) is 0 Å². The van der Waals surface area contributed by atoms with Crippen LogP contribution in [0.5, 0.6) is 5.88 Å². The van der Waals surface area contributed by atoms with Gasteiger partial charge >= 0.3 is 0 Å². The largest absolute Gasteiger partial charge is 0.475 e. The van der Waals surface area contributed by atoms with E-state index in [-0.39, 0.29) is 11.9 Å². The van der Waals surface area contributed by atoms with Crippen LogP contribution in [0.25, 0.3) is 0 Å². The van der Waals surface area contributed by atoms with Gasteiger partial charge in [-0.2, -0.15) is 0 Å². The minimum absolute atomic E-state index is 0.229. The molecule has 1 aromatic rings. The third kappa shape index (κ3) is 0.952. The van der Waals surface area contributed by atoms with Gasteiger partial charge in [-0.3, -0.25) is 0 Å². The van der Waals surface area contributed by atoms with Crippen molar-refractivity contribution >= 4 is 0 Å². The lowest BCUT2D eigenvalue weighted by Gasteiger charge is -1.97. The molecule has 0 radical (unpaired) electrons. The second kappa shape index (κ2) is 2.17. The molecule has 0 bridgehead atoms. The van der Waals surface area contributed by atoms with E-state index in [1.807, 2.05) is 0 Å². The van der Waals surface area contributed by atoms with Crippen LogP contribution in [0.15, 0.2) is 12.3 Å². The third-order valence-corrected chi connectivity index (χ3v) is 1.64.